The van der Waals surface area contributed by atoms with Gasteiger partial charge in [0.25, 0.3) is 0 Å². The Morgan fingerprint density at radius 3 is 1.47 bits per heavy atom. The fraction of sp³-hybridized carbons (Fsp3) is 0. The fourth-order valence-corrected chi connectivity index (χ4v) is 8.53. The van der Waals surface area contributed by atoms with Crippen molar-refractivity contribution in [2.75, 3.05) is 4.90 Å². The molecule has 0 unspecified atom stereocenters. The summed E-state index contributed by atoms with van der Waals surface area (Å²) in [6, 6.07) is 80.6. The molecule has 0 atom stereocenters. The molecule has 0 aliphatic carbocycles. The predicted molar refractivity (Wildman–Crippen MR) is 245 cm³/mol. The van der Waals surface area contributed by atoms with E-state index in [1.807, 2.05) is 6.07 Å². The highest BCUT2D eigenvalue weighted by Crippen LogP contribution is 2.43. The van der Waals surface area contributed by atoms with Gasteiger partial charge in [-0.3, -0.25) is 0 Å². The van der Waals surface area contributed by atoms with Gasteiger partial charge in [0, 0.05) is 27.8 Å². The van der Waals surface area contributed by atoms with Crippen LogP contribution in [0.25, 0.3) is 88.0 Å². The molecule has 272 valence electrons. The van der Waals surface area contributed by atoms with Crippen LogP contribution in [0.1, 0.15) is 0 Å². The summed E-state index contributed by atoms with van der Waals surface area (Å²) in [6.07, 6.45) is 0. The van der Waals surface area contributed by atoms with Crippen molar-refractivity contribution in [1.82, 2.24) is 0 Å². The normalized spacial score (nSPS) is 11.4. The molecule has 10 aromatic carbocycles. The van der Waals surface area contributed by atoms with Gasteiger partial charge in [-0.05, 0) is 127 Å². The van der Waals surface area contributed by atoms with E-state index in [9.17, 15) is 0 Å². The van der Waals surface area contributed by atoms with Crippen LogP contribution in [-0.2, 0) is 0 Å². The van der Waals surface area contributed by atoms with Crippen molar-refractivity contribution < 1.29 is 4.42 Å². The van der Waals surface area contributed by atoms with Crippen molar-refractivity contribution >= 4 is 60.5 Å². The van der Waals surface area contributed by atoms with Crippen LogP contribution in [-0.4, -0.2) is 0 Å². The summed E-state index contributed by atoms with van der Waals surface area (Å²) < 4.78 is 6.48. The summed E-state index contributed by atoms with van der Waals surface area (Å²) in [5.74, 6) is 0. The van der Waals surface area contributed by atoms with Gasteiger partial charge < -0.3 is 9.32 Å². The smallest absolute Gasteiger partial charge is 0.136 e. The lowest BCUT2D eigenvalue weighted by Crippen LogP contribution is -2.09. The fourth-order valence-electron chi connectivity index (χ4n) is 8.53. The predicted octanol–water partition coefficient (Wildman–Crippen LogP) is 16.0. The Morgan fingerprint density at radius 1 is 0.276 bits per heavy atom. The molecule has 0 radical (unpaired) electrons. The SMILES string of the molecule is c1ccc(-c2ccc(-c3ccc(N(c4ccccc4)c4ccc(-c5ccc6c(c5)c(-c5ccc7ccccc7c5)cc5oc7ccccc7c56)cc4)cc3)cc2)cc1. The van der Waals surface area contributed by atoms with E-state index in [0.717, 1.165) is 50.1 Å². The lowest BCUT2D eigenvalue weighted by atomic mass is 9.91. The van der Waals surface area contributed by atoms with Crippen molar-refractivity contribution in [2.24, 2.45) is 0 Å². The Hall–Kier alpha value is -7.68. The quantitative estimate of drug-likeness (QED) is 0.162. The summed E-state index contributed by atoms with van der Waals surface area (Å²) >= 11 is 0. The zero-order chi connectivity index (χ0) is 38.4. The molecule has 11 rings (SSSR count). The molecule has 1 heterocycles. The Kier molecular flexibility index (Phi) is 8.19. The molecule has 1 aromatic heterocycles. The molecule has 0 amide bonds. The van der Waals surface area contributed by atoms with Gasteiger partial charge in [-0.2, -0.15) is 0 Å². The molecule has 0 spiro atoms. The third-order valence-electron chi connectivity index (χ3n) is 11.5. The van der Waals surface area contributed by atoms with Gasteiger partial charge in [-0.1, -0.05) is 164 Å². The van der Waals surface area contributed by atoms with Crippen LogP contribution in [0, 0.1) is 0 Å². The lowest BCUT2D eigenvalue weighted by Gasteiger charge is -2.26. The van der Waals surface area contributed by atoms with Gasteiger partial charge in [0.15, 0.2) is 0 Å². The zero-order valence-electron chi connectivity index (χ0n) is 31.7. The number of benzene rings is 10. The van der Waals surface area contributed by atoms with Crippen LogP contribution in [0.5, 0.6) is 0 Å². The third-order valence-corrected chi connectivity index (χ3v) is 11.5. The van der Waals surface area contributed by atoms with Gasteiger partial charge in [0.05, 0.1) is 0 Å². The molecule has 0 aliphatic heterocycles. The largest absolute Gasteiger partial charge is 0.456 e. The van der Waals surface area contributed by atoms with Crippen LogP contribution >= 0.6 is 0 Å². The minimum atomic E-state index is 0.906. The molecular formula is C56H37NO. The lowest BCUT2D eigenvalue weighted by molar-refractivity contribution is 0.669. The van der Waals surface area contributed by atoms with Crippen LogP contribution in [0.2, 0.25) is 0 Å². The molecule has 0 saturated carbocycles. The first-order valence-electron chi connectivity index (χ1n) is 19.8. The maximum absolute atomic E-state index is 6.48. The molecule has 11 aromatic rings. The molecule has 0 aliphatic rings. The first kappa shape index (κ1) is 33.6. The van der Waals surface area contributed by atoms with E-state index >= 15 is 0 Å². The second kappa shape index (κ2) is 14.1. The summed E-state index contributed by atoms with van der Waals surface area (Å²) in [6.45, 7) is 0. The number of para-hydroxylation sites is 2. The van der Waals surface area contributed by atoms with Gasteiger partial charge in [-0.15, -0.1) is 0 Å². The Bertz CT molecular complexity index is 3240. The molecule has 0 fully saturated rings. The minimum Gasteiger partial charge on any atom is -0.456 e. The van der Waals surface area contributed by atoms with Crippen LogP contribution in [0.15, 0.2) is 229 Å². The maximum Gasteiger partial charge on any atom is 0.136 e. The van der Waals surface area contributed by atoms with Crippen LogP contribution in [0.4, 0.5) is 17.1 Å². The average Bonchev–Trinajstić information content (AvgIpc) is 3.68. The minimum absolute atomic E-state index is 0.906. The van der Waals surface area contributed by atoms with Crippen molar-refractivity contribution in [3.8, 4) is 44.5 Å². The van der Waals surface area contributed by atoms with Crippen LogP contribution < -0.4 is 4.90 Å². The second-order valence-electron chi connectivity index (χ2n) is 14.9. The van der Waals surface area contributed by atoms with Gasteiger partial charge in [0.1, 0.15) is 11.2 Å². The zero-order valence-corrected chi connectivity index (χ0v) is 31.7. The molecule has 2 heteroatoms. The van der Waals surface area contributed by atoms with E-state index in [0.29, 0.717) is 0 Å². The highest BCUT2D eigenvalue weighted by molar-refractivity contribution is 6.22. The Labute approximate surface area is 337 Å². The van der Waals surface area contributed by atoms with E-state index in [2.05, 4.69) is 223 Å². The number of rotatable bonds is 7. The highest BCUT2D eigenvalue weighted by Gasteiger charge is 2.17. The average molecular weight is 740 g/mol. The molecule has 0 bridgehead atoms. The number of nitrogens with zero attached hydrogens (tertiary/aromatic N) is 1. The van der Waals surface area contributed by atoms with Crippen molar-refractivity contribution in [1.29, 1.82) is 0 Å². The van der Waals surface area contributed by atoms with E-state index in [1.54, 1.807) is 0 Å². The third kappa shape index (κ3) is 6.00. The molecule has 0 saturated heterocycles. The van der Waals surface area contributed by atoms with Gasteiger partial charge in [0.2, 0.25) is 0 Å². The first-order valence-corrected chi connectivity index (χ1v) is 19.8. The first-order chi connectivity index (χ1) is 28.7. The maximum atomic E-state index is 6.48. The van der Waals surface area contributed by atoms with Crippen molar-refractivity contribution in [3.63, 3.8) is 0 Å². The number of hydrogen-bond donors (Lipinski definition) is 0. The standard InChI is InChI=1S/C56H37NO/c1-3-11-38(12-4-1)40-19-21-41(22-20-40)42-25-30-48(31-26-42)57(47-15-5-2-6-16-47)49-32-27-43(28-33-49)45-29-34-50-53(36-45)52(46-24-23-39-13-7-8-14-44(39)35-46)37-55-56(50)51-17-9-10-18-54(51)58-55/h1-37H. The van der Waals surface area contributed by atoms with E-state index in [1.165, 1.54) is 54.9 Å². The van der Waals surface area contributed by atoms with Crippen molar-refractivity contribution in [2.45, 2.75) is 0 Å². The summed E-state index contributed by atoms with van der Waals surface area (Å²) in [5.41, 5.74) is 14.6. The molecular weight excluding hydrogens is 703 g/mol. The van der Waals surface area contributed by atoms with E-state index in [4.69, 9.17) is 4.42 Å². The topological polar surface area (TPSA) is 16.4 Å². The summed E-state index contributed by atoms with van der Waals surface area (Å²) in [4.78, 5) is 2.32. The number of fused-ring (bicyclic) bond motifs is 6. The summed E-state index contributed by atoms with van der Waals surface area (Å²) in [5, 5.41) is 7.15. The molecule has 2 nitrogen and oxygen atoms in total. The van der Waals surface area contributed by atoms with Crippen molar-refractivity contribution in [3.05, 3.63) is 224 Å². The molecule has 0 N–H and O–H groups in total. The van der Waals surface area contributed by atoms with E-state index in [-0.39, 0.29) is 0 Å². The second-order valence-corrected chi connectivity index (χ2v) is 14.9. The molecule has 58 heavy (non-hydrogen) atoms. The summed E-state index contributed by atoms with van der Waals surface area (Å²) in [7, 11) is 0. The number of hydrogen-bond acceptors (Lipinski definition) is 2. The van der Waals surface area contributed by atoms with Gasteiger partial charge in [-0.25, -0.2) is 0 Å². The van der Waals surface area contributed by atoms with Crippen LogP contribution in [0.3, 0.4) is 0 Å². The monoisotopic (exact) mass is 739 g/mol. The number of furan rings is 1. The highest BCUT2D eigenvalue weighted by atomic mass is 16.3. The van der Waals surface area contributed by atoms with E-state index < -0.39 is 0 Å². The van der Waals surface area contributed by atoms with Gasteiger partial charge >= 0.3 is 0 Å². The Morgan fingerprint density at radius 2 is 0.776 bits per heavy atom. The number of anilines is 3. The Balaban J connectivity index is 0.969.